The van der Waals surface area contributed by atoms with Crippen LogP contribution in [-0.4, -0.2) is 17.2 Å². The Labute approximate surface area is 149 Å². The number of ketones is 1. The number of hydrogen-bond donors (Lipinski definition) is 0. The van der Waals surface area contributed by atoms with E-state index in [2.05, 4.69) is 23.5 Å². The Bertz CT molecular complexity index is 795. The molecule has 0 saturated carbocycles. The lowest BCUT2D eigenvalue weighted by atomic mass is 9.96. The van der Waals surface area contributed by atoms with Crippen molar-refractivity contribution < 1.29 is 4.79 Å². The van der Waals surface area contributed by atoms with Crippen molar-refractivity contribution in [1.29, 1.82) is 0 Å². The summed E-state index contributed by atoms with van der Waals surface area (Å²) in [5.74, 6) is 0.227. The molecule has 0 aromatic heterocycles. The van der Waals surface area contributed by atoms with Crippen LogP contribution in [0.3, 0.4) is 0 Å². The van der Waals surface area contributed by atoms with Crippen molar-refractivity contribution in [3.05, 3.63) is 71.6 Å². The van der Waals surface area contributed by atoms with Crippen molar-refractivity contribution >= 4 is 17.2 Å². The Morgan fingerprint density at radius 2 is 1.88 bits per heavy atom. The summed E-state index contributed by atoms with van der Waals surface area (Å²) in [6, 6.07) is 9.88. The summed E-state index contributed by atoms with van der Waals surface area (Å²) in [7, 11) is 0. The monoisotopic (exact) mass is 332 g/mol. The molecule has 0 amide bonds. The van der Waals surface area contributed by atoms with Gasteiger partial charge in [-0.2, -0.15) is 0 Å². The number of carbonyl (C=O) groups excluding carboxylic acids is 1. The number of allylic oxidation sites excluding steroid dienone is 3. The van der Waals surface area contributed by atoms with Gasteiger partial charge in [-0.05, 0) is 41.5 Å². The van der Waals surface area contributed by atoms with Crippen LogP contribution in [0.1, 0.15) is 44.6 Å². The average Bonchev–Trinajstić information content (AvgIpc) is 3.20. The molecule has 3 rings (SSSR count). The Morgan fingerprint density at radius 3 is 2.60 bits per heavy atom. The van der Waals surface area contributed by atoms with Crippen LogP contribution in [0.25, 0.3) is 0 Å². The molecule has 3 nitrogen and oxygen atoms in total. The molecule has 1 aromatic rings. The maximum absolute atomic E-state index is 12.2. The van der Waals surface area contributed by atoms with Crippen LogP contribution >= 0.6 is 0 Å². The van der Waals surface area contributed by atoms with Gasteiger partial charge in [0.15, 0.2) is 0 Å². The van der Waals surface area contributed by atoms with Crippen molar-refractivity contribution in [2.75, 3.05) is 0 Å². The summed E-state index contributed by atoms with van der Waals surface area (Å²) < 4.78 is 0. The fourth-order valence-electron chi connectivity index (χ4n) is 3.21. The number of carbonyl (C=O) groups is 1. The second kappa shape index (κ2) is 8.02. The molecule has 2 aliphatic rings. The van der Waals surface area contributed by atoms with Crippen LogP contribution in [-0.2, 0) is 11.2 Å². The van der Waals surface area contributed by atoms with Crippen molar-refractivity contribution in [2.24, 2.45) is 9.98 Å². The van der Waals surface area contributed by atoms with Crippen molar-refractivity contribution in [3.8, 4) is 0 Å². The molecule has 2 aliphatic heterocycles. The third-order valence-electron chi connectivity index (χ3n) is 4.68. The molecule has 2 heterocycles. The molecule has 128 valence electrons. The third-order valence-corrected chi connectivity index (χ3v) is 4.68. The molecule has 0 spiro atoms. The summed E-state index contributed by atoms with van der Waals surface area (Å²) in [5, 5.41) is 0. The van der Waals surface area contributed by atoms with Gasteiger partial charge in [0.05, 0.1) is 0 Å². The topological polar surface area (TPSA) is 41.8 Å². The highest BCUT2D eigenvalue weighted by Crippen LogP contribution is 2.26. The number of benzene rings is 1. The first kappa shape index (κ1) is 17.3. The highest BCUT2D eigenvalue weighted by Gasteiger charge is 2.17. The molecule has 0 aliphatic carbocycles. The largest absolute Gasteiger partial charge is 0.299 e. The highest BCUT2D eigenvalue weighted by molar-refractivity contribution is 6.06. The van der Waals surface area contributed by atoms with E-state index in [9.17, 15) is 4.79 Å². The van der Waals surface area contributed by atoms with Gasteiger partial charge in [0.25, 0.3) is 0 Å². The maximum Gasteiger partial charge on any atom is 0.142 e. The number of Topliss-reactive ketones (excluding diaryl/α,β-unsaturated/α-hetero) is 1. The van der Waals surface area contributed by atoms with Crippen LogP contribution in [0, 0.1) is 0 Å². The first-order valence-electron chi connectivity index (χ1n) is 8.90. The smallest absolute Gasteiger partial charge is 0.142 e. The lowest BCUT2D eigenvalue weighted by Gasteiger charge is -2.07. The van der Waals surface area contributed by atoms with Crippen molar-refractivity contribution in [3.63, 3.8) is 0 Å². The Hall–Kier alpha value is -2.55. The lowest BCUT2D eigenvalue weighted by molar-refractivity contribution is -0.117. The fraction of sp³-hybridized carbons (Fsp3) is 0.318. The van der Waals surface area contributed by atoms with Gasteiger partial charge in [0.1, 0.15) is 5.78 Å². The Balaban J connectivity index is 1.41. The van der Waals surface area contributed by atoms with Crippen LogP contribution in [0.15, 0.2) is 76.0 Å². The average molecular weight is 332 g/mol. The SMILES string of the molecule is C=C1C(CC)=CN=C1CCC1=CN=C(CC(=O)Cc2ccccc2)C1. The van der Waals surface area contributed by atoms with E-state index in [4.69, 9.17) is 0 Å². The van der Waals surface area contributed by atoms with Gasteiger partial charge in [0.2, 0.25) is 0 Å². The summed E-state index contributed by atoms with van der Waals surface area (Å²) >= 11 is 0. The zero-order valence-electron chi connectivity index (χ0n) is 14.8. The normalized spacial score (nSPS) is 16.4. The molecule has 25 heavy (non-hydrogen) atoms. The van der Waals surface area contributed by atoms with E-state index in [1.165, 1.54) is 11.1 Å². The molecule has 0 saturated heterocycles. The Kier molecular flexibility index (Phi) is 5.54. The standard InChI is InChI=1S/C22H24N2O/c1-3-19-15-24-22(16(19)2)10-9-18-11-20(23-14-18)13-21(25)12-17-7-5-4-6-8-17/h4-8,14-15H,2-3,9-13H2,1H3. The zero-order chi connectivity index (χ0) is 17.6. The minimum absolute atomic E-state index is 0.227. The molecule has 0 N–H and O–H groups in total. The highest BCUT2D eigenvalue weighted by atomic mass is 16.1. The van der Waals surface area contributed by atoms with Gasteiger partial charge in [-0.15, -0.1) is 0 Å². The first-order chi connectivity index (χ1) is 12.2. The van der Waals surface area contributed by atoms with E-state index in [1.54, 1.807) is 0 Å². The molecule has 0 unspecified atom stereocenters. The van der Waals surface area contributed by atoms with E-state index < -0.39 is 0 Å². The molecule has 0 atom stereocenters. The molecule has 3 heteroatoms. The van der Waals surface area contributed by atoms with Crippen LogP contribution in [0.2, 0.25) is 0 Å². The zero-order valence-corrected chi connectivity index (χ0v) is 14.8. The summed E-state index contributed by atoms with van der Waals surface area (Å²) in [6.07, 6.45) is 8.41. The predicted octanol–water partition coefficient (Wildman–Crippen LogP) is 5.00. The van der Waals surface area contributed by atoms with Crippen molar-refractivity contribution in [2.45, 2.75) is 45.4 Å². The van der Waals surface area contributed by atoms with Gasteiger partial charge in [-0.1, -0.05) is 43.8 Å². The maximum atomic E-state index is 12.2. The summed E-state index contributed by atoms with van der Waals surface area (Å²) in [6.45, 7) is 6.26. The minimum Gasteiger partial charge on any atom is -0.299 e. The first-order valence-corrected chi connectivity index (χ1v) is 8.90. The molecule has 0 bridgehead atoms. The van der Waals surface area contributed by atoms with Crippen LogP contribution in [0.4, 0.5) is 0 Å². The molecule has 0 fully saturated rings. The molecule has 0 radical (unpaired) electrons. The molecular weight excluding hydrogens is 308 g/mol. The number of rotatable bonds is 8. The number of aliphatic imine (C=N–C) groups is 2. The van der Waals surface area contributed by atoms with Gasteiger partial charge in [0, 0.05) is 43.1 Å². The van der Waals surface area contributed by atoms with Gasteiger partial charge in [-0.3, -0.25) is 14.8 Å². The van der Waals surface area contributed by atoms with Gasteiger partial charge >= 0.3 is 0 Å². The quantitative estimate of drug-likeness (QED) is 0.660. The van der Waals surface area contributed by atoms with Crippen LogP contribution in [0.5, 0.6) is 0 Å². The molecule has 1 aromatic carbocycles. The summed E-state index contributed by atoms with van der Waals surface area (Å²) in [5.41, 5.74) is 6.74. The lowest BCUT2D eigenvalue weighted by Crippen LogP contribution is -2.09. The van der Waals surface area contributed by atoms with E-state index in [0.717, 1.165) is 48.2 Å². The predicted molar refractivity (Wildman–Crippen MR) is 104 cm³/mol. The molecular formula is C22H24N2O. The van der Waals surface area contributed by atoms with Crippen molar-refractivity contribution in [1.82, 2.24) is 0 Å². The number of nitrogens with zero attached hydrogens (tertiary/aromatic N) is 2. The second-order valence-corrected chi connectivity index (χ2v) is 6.60. The van der Waals surface area contributed by atoms with Gasteiger partial charge in [-0.25, -0.2) is 0 Å². The van der Waals surface area contributed by atoms with E-state index >= 15 is 0 Å². The van der Waals surface area contributed by atoms with Crippen LogP contribution < -0.4 is 0 Å². The third kappa shape index (κ3) is 4.50. The minimum atomic E-state index is 0.227. The number of hydrogen-bond acceptors (Lipinski definition) is 3. The van der Waals surface area contributed by atoms with Gasteiger partial charge < -0.3 is 0 Å². The van der Waals surface area contributed by atoms with E-state index in [-0.39, 0.29) is 5.78 Å². The summed E-state index contributed by atoms with van der Waals surface area (Å²) in [4.78, 5) is 21.1. The van der Waals surface area contributed by atoms with E-state index in [0.29, 0.717) is 12.8 Å². The second-order valence-electron chi connectivity index (χ2n) is 6.60. The fourth-order valence-corrected chi connectivity index (χ4v) is 3.21. The Morgan fingerprint density at radius 1 is 1.08 bits per heavy atom. The van der Waals surface area contributed by atoms with E-state index in [1.807, 2.05) is 42.7 Å².